The van der Waals surface area contributed by atoms with Gasteiger partial charge in [0.2, 0.25) is 0 Å². The lowest BCUT2D eigenvalue weighted by Crippen LogP contribution is -2.44. The van der Waals surface area contributed by atoms with Crippen molar-refractivity contribution in [2.24, 2.45) is 0 Å². The molecule has 1 unspecified atom stereocenters. The van der Waals surface area contributed by atoms with E-state index in [1.807, 2.05) is 25.1 Å². The maximum atomic E-state index is 13.2. The Morgan fingerprint density at radius 2 is 1.85 bits per heavy atom. The highest BCUT2D eigenvalue weighted by Gasteiger charge is 2.24. The van der Waals surface area contributed by atoms with Crippen LogP contribution in [0.25, 0.3) is 0 Å². The number of fused-ring (bicyclic) bond motifs is 1. The first-order valence-corrected chi connectivity index (χ1v) is 9.55. The molecule has 1 N–H and O–H groups in total. The number of halogens is 1. The summed E-state index contributed by atoms with van der Waals surface area (Å²) in [6.07, 6.45) is 3.11. The van der Waals surface area contributed by atoms with Crippen LogP contribution in [0.4, 0.5) is 9.18 Å². The lowest BCUT2D eigenvalue weighted by molar-refractivity contribution is 0.183. The fourth-order valence-corrected chi connectivity index (χ4v) is 3.53. The van der Waals surface area contributed by atoms with E-state index < -0.39 is 0 Å². The molecule has 1 aliphatic rings. The first kappa shape index (κ1) is 19.4. The molecule has 0 spiro atoms. The van der Waals surface area contributed by atoms with Crippen LogP contribution in [0.5, 0.6) is 0 Å². The van der Waals surface area contributed by atoms with E-state index in [-0.39, 0.29) is 17.9 Å². The minimum absolute atomic E-state index is 0.0533. The minimum atomic E-state index is -0.262. The van der Waals surface area contributed by atoms with Crippen LogP contribution in [0.15, 0.2) is 48.5 Å². The molecule has 4 nitrogen and oxygen atoms in total. The van der Waals surface area contributed by atoms with Crippen molar-refractivity contribution >= 4 is 6.03 Å². The molecule has 0 fully saturated rings. The number of nitrogens with one attached hydrogen (secondary N) is 1. The molecule has 5 heteroatoms. The highest BCUT2D eigenvalue weighted by atomic mass is 19.1. The summed E-state index contributed by atoms with van der Waals surface area (Å²) >= 11 is 0. The van der Waals surface area contributed by atoms with E-state index in [9.17, 15) is 9.18 Å². The summed E-state index contributed by atoms with van der Waals surface area (Å²) in [5.74, 6) is -0.262. The van der Waals surface area contributed by atoms with Crippen LogP contribution in [0.1, 0.15) is 35.6 Å². The number of aryl methyl sites for hydroxylation is 1. The van der Waals surface area contributed by atoms with Crippen LogP contribution in [0, 0.1) is 5.82 Å². The molecule has 27 heavy (non-hydrogen) atoms. The second-order valence-corrected chi connectivity index (χ2v) is 7.44. The Kier molecular flexibility index (Phi) is 6.45. The summed E-state index contributed by atoms with van der Waals surface area (Å²) in [6.45, 7) is 1.86. The standard InChI is InChI=1S/C22H28FN3O/c1-25(2)14-15-26(16-17-10-12-19(23)13-11-17)22(27)24-21-9-5-7-18-6-3-4-8-20(18)21/h3-4,6,8,10-13,21H,5,7,9,14-16H2,1-2H3,(H,24,27). The van der Waals surface area contributed by atoms with Gasteiger partial charge in [0.1, 0.15) is 5.82 Å². The number of urea groups is 1. The zero-order valence-corrected chi connectivity index (χ0v) is 16.1. The molecule has 0 bridgehead atoms. The third-order valence-electron chi connectivity index (χ3n) is 5.06. The first-order valence-electron chi connectivity index (χ1n) is 9.55. The van der Waals surface area contributed by atoms with Gasteiger partial charge >= 0.3 is 6.03 Å². The Balaban J connectivity index is 1.71. The Morgan fingerprint density at radius 3 is 2.59 bits per heavy atom. The lowest BCUT2D eigenvalue weighted by Gasteiger charge is -2.30. The summed E-state index contributed by atoms with van der Waals surface area (Å²) in [4.78, 5) is 16.9. The van der Waals surface area contributed by atoms with E-state index in [0.29, 0.717) is 13.1 Å². The summed E-state index contributed by atoms with van der Waals surface area (Å²) in [5.41, 5.74) is 3.48. The van der Waals surface area contributed by atoms with Gasteiger partial charge in [0.25, 0.3) is 0 Å². The third kappa shape index (κ3) is 5.30. The van der Waals surface area contributed by atoms with Crippen LogP contribution in [0.2, 0.25) is 0 Å². The number of benzene rings is 2. The average Bonchev–Trinajstić information content (AvgIpc) is 2.66. The van der Waals surface area contributed by atoms with Crippen molar-refractivity contribution < 1.29 is 9.18 Å². The normalized spacial score (nSPS) is 16.1. The smallest absolute Gasteiger partial charge is 0.318 e. The molecule has 1 aliphatic carbocycles. The molecule has 0 aromatic heterocycles. The Labute approximate surface area is 161 Å². The van der Waals surface area contributed by atoms with E-state index >= 15 is 0 Å². The van der Waals surface area contributed by atoms with Crippen molar-refractivity contribution in [2.45, 2.75) is 31.8 Å². The summed E-state index contributed by atoms with van der Waals surface area (Å²) in [5, 5.41) is 3.22. The van der Waals surface area contributed by atoms with Crippen LogP contribution in [-0.4, -0.2) is 43.0 Å². The third-order valence-corrected chi connectivity index (χ3v) is 5.06. The number of amides is 2. The molecule has 0 radical (unpaired) electrons. The molecular weight excluding hydrogens is 341 g/mol. The Bertz CT molecular complexity index is 760. The van der Waals surface area contributed by atoms with Crippen molar-refractivity contribution in [2.75, 3.05) is 27.2 Å². The van der Waals surface area contributed by atoms with Gasteiger partial charge in [0.05, 0.1) is 6.04 Å². The number of nitrogens with zero attached hydrogens (tertiary/aromatic N) is 2. The second kappa shape index (κ2) is 9.00. The minimum Gasteiger partial charge on any atom is -0.331 e. The SMILES string of the molecule is CN(C)CCN(Cc1ccc(F)cc1)C(=O)NC1CCCc2ccccc21. The average molecular weight is 369 g/mol. The number of likely N-dealkylation sites (N-methyl/N-ethyl adjacent to an activating group) is 1. The molecule has 0 heterocycles. The maximum absolute atomic E-state index is 13.2. The predicted molar refractivity (Wildman–Crippen MR) is 106 cm³/mol. The number of carbonyl (C=O) groups is 1. The van der Waals surface area contributed by atoms with Crippen molar-refractivity contribution in [3.63, 3.8) is 0 Å². The van der Waals surface area contributed by atoms with Gasteiger partial charge < -0.3 is 15.1 Å². The van der Waals surface area contributed by atoms with Gasteiger partial charge in [-0.15, -0.1) is 0 Å². The van der Waals surface area contributed by atoms with Crippen LogP contribution >= 0.6 is 0 Å². The van der Waals surface area contributed by atoms with Crippen LogP contribution in [-0.2, 0) is 13.0 Å². The van der Waals surface area contributed by atoms with Gasteiger partial charge in [-0.3, -0.25) is 0 Å². The number of hydrogen-bond acceptors (Lipinski definition) is 2. The highest BCUT2D eigenvalue weighted by molar-refractivity contribution is 5.75. The number of carbonyl (C=O) groups excluding carboxylic acids is 1. The summed E-state index contributed by atoms with van der Waals surface area (Å²) in [6, 6.07) is 14.7. The Morgan fingerprint density at radius 1 is 1.11 bits per heavy atom. The zero-order chi connectivity index (χ0) is 19.2. The largest absolute Gasteiger partial charge is 0.331 e. The highest BCUT2D eigenvalue weighted by Crippen LogP contribution is 2.29. The van der Waals surface area contributed by atoms with Gasteiger partial charge in [-0.05, 0) is 62.2 Å². The monoisotopic (exact) mass is 369 g/mol. The van der Waals surface area contributed by atoms with Crippen molar-refractivity contribution in [1.29, 1.82) is 0 Å². The zero-order valence-electron chi connectivity index (χ0n) is 16.1. The molecule has 144 valence electrons. The molecule has 2 amide bonds. The molecule has 0 saturated heterocycles. The maximum Gasteiger partial charge on any atom is 0.318 e. The van der Waals surface area contributed by atoms with Crippen molar-refractivity contribution in [3.05, 3.63) is 71.0 Å². The van der Waals surface area contributed by atoms with Gasteiger partial charge in [0.15, 0.2) is 0 Å². The van der Waals surface area contributed by atoms with Gasteiger partial charge in [-0.2, -0.15) is 0 Å². The van der Waals surface area contributed by atoms with Crippen molar-refractivity contribution in [3.8, 4) is 0 Å². The molecule has 3 rings (SSSR count). The van der Waals surface area contributed by atoms with E-state index in [4.69, 9.17) is 0 Å². The quantitative estimate of drug-likeness (QED) is 0.836. The van der Waals surface area contributed by atoms with Gasteiger partial charge in [0, 0.05) is 19.6 Å². The van der Waals surface area contributed by atoms with E-state index in [0.717, 1.165) is 31.4 Å². The van der Waals surface area contributed by atoms with Crippen molar-refractivity contribution in [1.82, 2.24) is 15.1 Å². The summed E-state index contributed by atoms with van der Waals surface area (Å²) < 4.78 is 13.2. The number of hydrogen-bond donors (Lipinski definition) is 1. The molecule has 2 aromatic carbocycles. The van der Waals surface area contributed by atoms with Crippen LogP contribution in [0.3, 0.4) is 0 Å². The van der Waals surface area contributed by atoms with E-state index in [1.165, 1.54) is 23.3 Å². The lowest BCUT2D eigenvalue weighted by atomic mass is 9.88. The fraction of sp³-hybridized carbons (Fsp3) is 0.409. The topological polar surface area (TPSA) is 35.6 Å². The molecular formula is C22H28FN3O. The molecule has 1 atom stereocenters. The predicted octanol–water partition coefficient (Wildman–Crippen LogP) is 3.98. The second-order valence-electron chi connectivity index (χ2n) is 7.44. The molecule has 0 aliphatic heterocycles. The summed E-state index contributed by atoms with van der Waals surface area (Å²) in [7, 11) is 3.98. The fourth-order valence-electron chi connectivity index (χ4n) is 3.53. The number of rotatable bonds is 6. The van der Waals surface area contributed by atoms with Crippen LogP contribution < -0.4 is 5.32 Å². The van der Waals surface area contributed by atoms with Gasteiger partial charge in [-0.25, -0.2) is 9.18 Å². The van der Waals surface area contributed by atoms with E-state index in [1.54, 1.807) is 12.1 Å². The van der Waals surface area contributed by atoms with E-state index in [2.05, 4.69) is 28.4 Å². The molecule has 0 saturated carbocycles. The molecule has 2 aromatic rings. The Hall–Kier alpha value is -2.40. The van der Waals surface area contributed by atoms with Gasteiger partial charge in [-0.1, -0.05) is 36.4 Å². The first-order chi connectivity index (χ1) is 13.0.